The van der Waals surface area contributed by atoms with Crippen molar-refractivity contribution in [2.45, 2.75) is 38.8 Å². The Morgan fingerprint density at radius 3 is 2.78 bits per heavy atom. The summed E-state index contributed by atoms with van der Waals surface area (Å²) in [6, 6.07) is 0. The second-order valence-corrected chi connectivity index (χ2v) is 6.10. The van der Waals surface area contributed by atoms with E-state index in [4.69, 9.17) is 10.5 Å². The summed E-state index contributed by atoms with van der Waals surface area (Å²) < 4.78 is 5.17. The van der Waals surface area contributed by atoms with Crippen LogP contribution < -0.4 is 10.6 Å². The Morgan fingerprint density at radius 1 is 1.44 bits per heavy atom. The minimum atomic E-state index is 0.549. The van der Waals surface area contributed by atoms with E-state index in [9.17, 15) is 0 Å². The SMILES string of the molecule is COCc1nc(N(C)CC2CCCC2)sc1CN. The van der Waals surface area contributed by atoms with Crippen molar-refractivity contribution < 1.29 is 4.74 Å². The molecule has 102 valence electrons. The molecule has 0 amide bonds. The average Bonchev–Trinajstić information content (AvgIpc) is 2.98. The van der Waals surface area contributed by atoms with Crippen molar-refractivity contribution in [1.82, 2.24) is 4.98 Å². The number of thiazole rings is 1. The topological polar surface area (TPSA) is 51.4 Å². The molecule has 18 heavy (non-hydrogen) atoms. The molecule has 1 aromatic rings. The van der Waals surface area contributed by atoms with Gasteiger partial charge in [-0.25, -0.2) is 4.98 Å². The van der Waals surface area contributed by atoms with Gasteiger partial charge in [0.05, 0.1) is 12.3 Å². The summed E-state index contributed by atoms with van der Waals surface area (Å²) in [5.41, 5.74) is 6.75. The molecule has 0 unspecified atom stereocenters. The molecule has 0 saturated heterocycles. The predicted octanol–water partition coefficient (Wildman–Crippen LogP) is 2.37. The molecule has 4 nitrogen and oxygen atoms in total. The molecule has 2 rings (SSSR count). The maximum absolute atomic E-state index is 5.75. The third-order valence-electron chi connectivity index (χ3n) is 3.57. The molecule has 1 aromatic heterocycles. The van der Waals surface area contributed by atoms with Crippen LogP contribution in [-0.2, 0) is 17.9 Å². The number of aromatic nitrogens is 1. The molecule has 0 atom stereocenters. The van der Waals surface area contributed by atoms with Crippen molar-refractivity contribution >= 4 is 16.5 Å². The molecule has 1 aliphatic rings. The van der Waals surface area contributed by atoms with Crippen LogP contribution in [0.5, 0.6) is 0 Å². The number of ether oxygens (including phenoxy) is 1. The highest BCUT2D eigenvalue weighted by atomic mass is 32.1. The quantitative estimate of drug-likeness (QED) is 0.861. The van der Waals surface area contributed by atoms with Crippen LogP contribution in [-0.4, -0.2) is 25.7 Å². The number of rotatable bonds is 6. The third kappa shape index (κ3) is 3.22. The first-order chi connectivity index (χ1) is 8.74. The lowest BCUT2D eigenvalue weighted by Gasteiger charge is -2.19. The molecule has 1 saturated carbocycles. The second kappa shape index (κ2) is 6.50. The molecule has 5 heteroatoms. The average molecular weight is 269 g/mol. The van der Waals surface area contributed by atoms with E-state index >= 15 is 0 Å². The van der Waals surface area contributed by atoms with Gasteiger partial charge in [0.2, 0.25) is 0 Å². The van der Waals surface area contributed by atoms with Crippen LogP contribution in [0.4, 0.5) is 5.13 Å². The van der Waals surface area contributed by atoms with Crippen molar-refractivity contribution in [2.75, 3.05) is 25.6 Å². The van der Waals surface area contributed by atoms with Gasteiger partial charge in [-0.05, 0) is 18.8 Å². The van der Waals surface area contributed by atoms with Gasteiger partial charge >= 0.3 is 0 Å². The van der Waals surface area contributed by atoms with Crippen LogP contribution in [0.15, 0.2) is 0 Å². The first-order valence-electron chi connectivity index (χ1n) is 6.63. The maximum Gasteiger partial charge on any atom is 0.185 e. The second-order valence-electron chi connectivity index (χ2n) is 5.03. The Bertz CT molecular complexity index is 374. The predicted molar refractivity (Wildman–Crippen MR) is 75.9 cm³/mol. The highest BCUT2D eigenvalue weighted by Crippen LogP contribution is 2.30. The zero-order valence-electron chi connectivity index (χ0n) is 11.3. The standard InChI is InChI=1S/C13H23N3OS/c1-16(8-10-5-3-4-6-10)13-15-11(9-17-2)12(7-14)18-13/h10H,3-9,14H2,1-2H3. The van der Waals surface area contributed by atoms with Crippen LogP contribution in [0.3, 0.4) is 0 Å². The van der Waals surface area contributed by atoms with Gasteiger partial charge in [-0.15, -0.1) is 11.3 Å². The number of methoxy groups -OCH3 is 1. The van der Waals surface area contributed by atoms with Gasteiger partial charge in [0.1, 0.15) is 0 Å². The number of nitrogens with zero attached hydrogens (tertiary/aromatic N) is 2. The van der Waals surface area contributed by atoms with Gasteiger partial charge in [0.15, 0.2) is 5.13 Å². The fourth-order valence-corrected chi connectivity index (χ4v) is 3.51. The fraction of sp³-hybridized carbons (Fsp3) is 0.769. The Hall–Kier alpha value is -0.650. The van der Waals surface area contributed by atoms with Crippen LogP contribution in [0.25, 0.3) is 0 Å². The summed E-state index contributed by atoms with van der Waals surface area (Å²) in [5.74, 6) is 0.839. The zero-order valence-corrected chi connectivity index (χ0v) is 12.1. The Morgan fingerprint density at radius 2 is 2.17 bits per heavy atom. The summed E-state index contributed by atoms with van der Waals surface area (Å²) in [6.07, 6.45) is 5.51. The molecule has 1 fully saturated rings. The molecule has 2 N–H and O–H groups in total. The van der Waals surface area contributed by atoms with E-state index in [1.54, 1.807) is 18.4 Å². The van der Waals surface area contributed by atoms with Crippen molar-refractivity contribution in [3.05, 3.63) is 10.6 Å². The number of hydrogen-bond donors (Lipinski definition) is 1. The Kier molecular flexibility index (Phi) is 4.97. The van der Waals surface area contributed by atoms with Gasteiger partial charge in [-0.2, -0.15) is 0 Å². The molecule has 1 heterocycles. The van der Waals surface area contributed by atoms with Crippen molar-refractivity contribution in [1.29, 1.82) is 0 Å². The minimum absolute atomic E-state index is 0.549. The van der Waals surface area contributed by atoms with Crippen LogP contribution >= 0.6 is 11.3 Å². The lowest BCUT2D eigenvalue weighted by atomic mass is 10.1. The fourth-order valence-electron chi connectivity index (χ4n) is 2.60. The summed E-state index contributed by atoms with van der Waals surface area (Å²) >= 11 is 1.70. The Balaban J connectivity index is 2.02. The molecular formula is C13H23N3OS. The lowest BCUT2D eigenvalue weighted by molar-refractivity contribution is 0.181. The highest BCUT2D eigenvalue weighted by Gasteiger charge is 2.19. The highest BCUT2D eigenvalue weighted by molar-refractivity contribution is 7.15. The summed E-state index contributed by atoms with van der Waals surface area (Å²) in [6.45, 7) is 2.22. The van der Waals surface area contributed by atoms with E-state index in [-0.39, 0.29) is 0 Å². The molecule has 0 spiro atoms. The maximum atomic E-state index is 5.75. The molecule has 0 radical (unpaired) electrons. The lowest BCUT2D eigenvalue weighted by Crippen LogP contribution is -2.23. The van der Waals surface area contributed by atoms with Gasteiger partial charge in [-0.1, -0.05) is 12.8 Å². The van der Waals surface area contributed by atoms with E-state index in [1.165, 1.54) is 25.7 Å². The van der Waals surface area contributed by atoms with Gasteiger partial charge in [-0.3, -0.25) is 0 Å². The number of anilines is 1. The third-order valence-corrected chi connectivity index (χ3v) is 4.80. The van der Waals surface area contributed by atoms with Crippen molar-refractivity contribution in [2.24, 2.45) is 11.7 Å². The van der Waals surface area contributed by atoms with Crippen molar-refractivity contribution in [3.63, 3.8) is 0 Å². The number of hydrogen-bond acceptors (Lipinski definition) is 5. The van der Waals surface area contributed by atoms with E-state index in [0.29, 0.717) is 13.2 Å². The summed E-state index contributed by atoms with van der Waals surface area (Å²) in [7, 11) is 3.83. The molecule has 0 bridgehead atoms. The Labute approximate surface area is 113 Å². The van der Waals surface area contributed by atoms with E-state index < -0.39 is 0 Å². The van der Waals surface area contributed by atoms with Crippen LogP contribution in [0, 0.1) is 5.92 Å². The smallest absolute Gasteiger partial charge is 0.185 e. The van der Waals surface area contributed by atoms with Crippen LogP contribution in [0.2, 0.25) is 0 Å². The monoisotopic (exact) mass is 269 g/mol. The molecular weight excluding hydrogens is 246 g/mol. The van der Waals surface area contributed by atoms with Crippen molar-refractivity contribution in [3.8, 4) is 0 Å². The van der Waals surface area contributed by atoms with Gasteiger partial charge in [0, 0.05) is 32.1 Å². The van der Waals surface area contributed by atoms with E-state index in [1.807, 2.05) is 0 Å². The first-order valence-corrected chi connectivity index (χ1v) is 7.45. The summed E-state index contributed by atoms with van der Waals surface area (Å²) in [5, 5.41) is 1.08. The van der Waals surface area contributed by atoms with E-state index in [2.05, 4.69) is 16.9 Å². The zero-order chi connectivity index (χ0) is 13.0. The minimum Gasteiger partial charge on any atom is -0.378 e. The first kappa shape index (κ1) is 13.8. The molecule has 1 aliphatic carbocycles. The number of nitrogens with two attached hydrogens (primary N) is 1. The van der Waals surface area contributed by atoms with Gasteiger partial charge in [0.25, 0.3) is 0 Å². The van der Waals surface area contributed by atoms with E-state index in [0.717, 1.165) is 28.2 Å². The molecule has 0 aliphatic heterocycles. The van der Waals surface area contributed by atoms with Crippen LogP contribution in [0.1, 0.15) is 36.3 Å². The van der Waals surface area contributed by atoms with Gasteiger partial charge < -0.3 is 15.4 Å². The largest absolute Gasteiger partial charge is 0.378 e. The molecule has 0 aromatic carbocycles. The normalized spacial score (nSPS) is 16.4. The summed E-state index contributed by atoms with van der Waals surface area (Å²) in [4.78, 5) is 8.07.